The van der Waals surface area contributed by atoms with Crippen LogP contribution in [0.5, 0.6) is 11.5 Å². The summed E-state index contributed by atoms with van der Waals surface area (Å²) in [6, 6.07) is 14.5. The van der Waals surface area contributed by atoms with E-state index in [4.69, 9.17) is 4.74 Å². The molecule has 0 saturated heterocycles. The minimum Gasteiger partial charge on any atom is -0.451 e. The van der Waals surface area contributed by atoms with E-state index >= 15 is 0 Å². The highest BCUT2D eigenvalue weighted by Gasteiger charge is 2.41. The molecule has 0 fully saturated rings. The van der Waals surface area contributed by atoms with Gasteiger partial charge in [-0.1, -0.05) is 32.4 Å². The Kier molecular flexibility index (Phi) is 3.74. The van der Waals surface area contributed by atoms with Crippen LogP contribution >= 0.6 is 0 Å². The van der Waals surface area contributed by atoms with Crippen molar-refractivity contribution in [2.75, 3.05) is 4.90 Å². The molecule has 5 rings (SSSR count). The lowest BCUT2D eigenvalue weighted by molar-refractivity contribution is 0.471. The molecule has 3 aromatic rings. The summed E-state index contributed by atoms with van der Waals surface area (Å²) < 4.78 is 32.7. The standard InChI is InChI=1S/C22H20N2O3S/c1-3-6-14(2)15-10-11-19-16(13-15)24-21-17(7-4-9-20(21)28(19,25)26)27-18-8-5-12-23-22(18)24/h4-5,7-14H,3,6H2,1-2H3. The molecule has 6 heteroatoms. The average Bonchev–Trinajstić information content (AvgIpc) is 2.70. The molecular weight excluding hydrogens is 372 g/mol. The van der Waals surface area contributed by atoms with E-state index in [-0.39, 0.29) is 4.90 Å². The summed E-state index contributed by atoms with van der Waals surface area (Å²) in [6.07, 6.45) is 3.82. The summed E-state index contributed by atoms with van der Waals surface area (Å²) >= 11 is 0. The Morgan fingerprint density at radius 2 is 1.89 bits per heavy atom. The molecule has 0 radical (unpaired) electrons. The highest BCUT2D eigenvalue weighted by Crippen LogP contribution is 2.57. The Bertz CT molecular complexity index is 1200. The number of rotatable bonds is 3. The molecule has 2 aliphatic heterocycles. The van der Waals surface area contributed by atoms with Crippen LogP contribution in [-0.2, 0) is 9.84 Å². The van der Waals surface area contributed by atoms with Crippen molar-refractivity contribution < 1.29 is 13.2 Å². The van der Waals surface area contributed by atoms with Crippen molar-refractivity contribution >= 4 is 27.0 Å². The number of pyridine rings is 1. The van der Waals surface area contributed by atoms with Crippen LogP contribution in [0, 0.1) is 0 Å². The molecular formula is C22H20N2O3S. The van der Waals surface area contributed by atoms with Crippen molar-refractivity contribution in [3.05, 3.63) is 60.3 Å². The van der Waals surface area contributed by atoms with Gasteiger partial charge in [0.15, 0.2) is 17.3 Å². The summed E-state index contributed by atoms with van der Waals surface area (Å²) in [5.74, 6) is 2.10. The highest BCUT2D eigenvalue weighted by molar-refractivity contribution is 7.92. The molecule has 1 unspecified atom stereocenters. The lowest BCUT2D eigenvalue weighted by Crippen LogP contribution is -2.26. The number of anilines is 3. The Labute approximate surface area is 164 Å². The molecule has 28 heavy (non-hydrogen) atoms. The fourth-order valence-corrected chi connectivity index (χ4v) is 5.69. The number of sulfone groups is 1. The smallest absolute Gasteiger partial charge is 0.210 e. The SMILES string of the molecule is CCCC(C)c1ccc2c(c1)N1c3ncccc3Oc3cccc(c31)S2(=O)=O. The fraction of sp³-hybridized carbons (Fsp3) is 0.227. The summed E-state index contributed by atoms with van der Waals surface area (Å²) in [4.78, 5) is 7.00. The second kappa shape index (κ2) is 6.07. The van der Waals surface area contributed by atoms with E-state index in [0.29, 0.717) is 39.5 Å². The quantitative estimate of drug-likeness (QED) is 0.394. The number of aromatic nitrogens is 1. The molecule has 1 aromatic heterocycles. The maximum atomic E-state index is 13.3. The van der Waals surface area contributed by atoms with Crippen LogP contribution in [0.3, 0.4) is 0 Å². The summed E-state index contributed by atoms with van der Waals surface area (Å²) in [6.45, 7) is 4.33. The van der Waals surface area contributed by atoms with Gasteiger partial charge in [-0.2, -0.15) is 0 Å². The van der Waals surface area contributed by atoms with Crippen LogP contribution in [0.25, 0.3) is 0 Å². The number of nitrogens with zero attached hydrogens (tertiary/aromatic N) is 2. The normalized spacial score (nSPS) is 16.4. The maximum absolute atomic E-state index is 13.3. The molecule has 0 bridgehead atoms. The highest BCUT2D eigenvalue weighted by atomic mass is 32.2. The first-order valence-corrected chi connectivity index (χ1v) is 11.0. The fourth-order valence-electron chi connectivity index (χ4n) is 4.07. The molecule has 0 saturated carbocycles. The first-order valence-electron chi connectivity index (χ1n) is 9.47. The van der Waals surface area contributed by atoms with Gasteiger partial charge in [-0.3, -0.25) is 4.90 Å². The molecule has 0 amide bonds. The molecule has 3 heterocycles. The van der Waals surface area contributed by atoms with E-state index in [1.165, 1.54) is 0 Å². The van der Waals surface area contributed by atoms with Gasteiger partial charge in [-0.15, -0.1) is 0 Å². The van der Waals surface area contributed by atoms with E-state index in [9.17, 15) is 8.42 Å². The average molecular weight is 392 g/mol. The number of hydrogen-bond acceptors (Lipinski definition) is 5. The number of para-hydroxylation sites is 1. The maximum Gasteiger partial charge on any atom is 0.210 e. The van der Waals surface area contributed by atoms with Crippen molar-refractivity contribution in [2.24, 2.45) is 0 Å². The Morgan fingerprint density at radius 1 is 1.07 bits per heavy atom. The van der Waals surface area contributed by atoms with Crippen LogP contribution in [0.1, 0.15) is 38.2 Å². The first-order chi connectivity index (χ1) is 13.5. The number of benzene rings is 2. The number of hydrogen-bond donors (Lipinski definition) is 0. The van der Waals surface area contributed by atoms with E-state index in [2.05, 4.69) is 18.8 Å². The second-order valence-electron chi connectivity index (χ2n) is 7.29. The predicted octanol–water partition coefficient (Wildman–Crippen LogP) is 5.71. The monoisotopic (exact) mass is 392 g/mol. The molecule has 5 nitrogen and oxygen atoms in total. The molecule has 0 spiro atoms. The molecule has 2 aliphatic rings. The van der Waals surface area contributed by atoms with Gasteiger partial charge >= 0.3 is 0 Å². The van der Waals surface area contributed by atoms with Crippen LogP contribution in [0.2, 0.25) is 0 Å². The summed E-state index contributed by atoms with van der Waals surface area (Å²) in [5, 5.41) is 0. The molecule has 0 N–H and O–H groups in total. The van der Waals surface area contributed by atoms with Crippen molar-refractivity contribution in [3.63, 3.8) is 0 Å². The third kappa shape index (κ3) is 2.31. The topological polar surface area (TPSA) is 59.5 Å². The van der Waals surface area contributed by atoms with Gasteiger partial charge in [0.05, 0.1) is 15.5 Å². The zero-order valence-corrected chi connectivity index (χ0v) is 16.5. The second-order valence-corrected chi connectivity index (χ2v) is 9.17. The third-order valence-corrected chi connectivity index (χ3v) is 7.29. The van der Waals surface area contributed by atoms with Gasteiger partial charge in [0, 0.05) is 6.20 Å². The zero-order valence-electron chi connectivity index (χ0n) is 15.7. The van der Waals surface area contributed by atoms with E-state index in [1.807, 2.05) is 29.2 Å². The minimum atomic E-state index is -3.64. The first kappa shape index (κ1) is 17.3. The van der Waals surface area contributed by atoms with Gasteiger partial charge < -0.3 is 4.74 Å². The van der Waals surface area contributed by atoms with Gasteiger partial charge in [-0.05, 0) is 54.3 Å². The summed E-state index contributed by atoms with van der Waals surface area (Å²) in [7, 11) is -3.64. The third-order valence-electron chi connectivity index (χ3n) is 5.46. The minimum absolute atomic E-state index is 0.253. The molecule has 1 atom stereocenters. The van der Waals surface area contributed by atoms with E-state index in [1.54, 1.807) is 30.5 Å². The van der Waals surface area contributed by atoms with Crippen LogP contribution in [0.4, 0.5) is 17.2 Å². The van der Waals surface area contributed by atoms with Crippen LogP contribution in [-0.4, -0.2) is 13.4 Å². The Balaban J connectivity index is 1.83. The van der Waals surface area contributed by atoms with Gasteiger partial charge in [0.25, 0.3) is 0 Å². The molecule has 0 aliphatic carbocycles. The Hall–Kier alpha value is -2.86. The van der Waals surface area contributed by atoms with Crippen LogP contribution in [0.15, 0.2) is 64.5 Å². The van der Waals surface area contributed by atoms with Gasteiger partial charge in [-0.25, -0.2) is 13.4 Å². The van der Waals surface area contributed by atoms with Crippen molar-refractivity contribution in [1.82, 2.24) is 4.98 Å². The lowest BCUT2D eigenvalue weighted by Gasteiger charge is -2.37. The van der Waals surface area contributed by atoms with Gasteiger partial charge in [0.1, 0.15) is 5.69 Å². The lowest BCUT2D eigenvalue weighted by atomic mass is 9.96. The van der Waals surface area contributed by atoms with Gasteiger partial charge in [0.2, 0.25) is 9.84 Å². The molecule has 142 valence electrons. The van der Waals surface area contributed by atoms with E-state index < -0.39 is 9.84 Å². The Morgan fingerprint density at radius 3 is 2.71 bits per heavy atom. The van der Waals surface area contributed by atoms with Crippen molar-refractivity contribution in [1.29, 1.82) is 0 Å². The van der Waals surface area contributed by atoms with Crippen molar-refractivity contribution in [3.8, 4) is 11.5 Å². The van der Waals surface area contributed by atoms with Crippen molar-refractivity contribution in [2.45, 2.75) is 42.4 Å². The number of fused-ring (bicyclic) bond motifs is 4. The predicted molar refractivity (Wildman–Crippen MR) is 108 cm³/mol. The van der Waals surface area contributed by atoms with Crippen LogP contribution < -0.4 is 9.64 Å². The molecule has 2 aromatic carbocycles. The summed E-state index contributed by atoms with van der Waals surface area (Å²) in [5.41, 5.74) is 2.31. The van der Waals surface area contributed by atoms with E-state index in [0.717, 1.165) is 18.4 Å². The number of ether oxygens (including phenoxy) is 1. The largest absolute Gasteiger partial charge is 0.451 e. The zero-order chi connectivity index (χ0) is 19.5.